The minimum absolute atomic E-state index is 0.182. The Labute approximate surface area is 195 Å². The van der Waals surface area contributed by atoms with Crippen molar-refractivity contribution >= 4 is 34.6 Å². The van der Waals surface area contributed by atoms with Crippen LogP contribution in [0.5, 0.6) is 5.75 Å². The van der Waals surface area contributed by atoms with E-state index in [4.69, 9.17) is 4.74 Å². The van der Waals surface area contributed by atoms with E-state index >= 15 is 0 Å². The summed E-state index contributed by atoms with van der Waals surface area (Å²) in [5, 5.41) is 14.1. The molecule has 0 unspecified atom stereocenters. The summed E-state index contributed by atoms with van der Waals surface area (Å²) < 4.78 is 5.37. The molecule has 0 aliphatic carbocycles. The number of ether oxygens (including phenoxy) is 1. The van der Waals surface area contributed by atoms with E-state index in [0.717, 1.165) is 18.5 Å². The number of nitrogens with zero attached hydrogens (tertiary/aromatic N) is 3. The lowest BCUT2D eigenvalue weighted by Gasteiger charge is -2.28. The summed E-state index contributed by atoms with van der Waals surface area (Å²) in [6.45, 7) is 1.03. The summed E-state index contributed by atoms with van der Waals surface area (Å²) in [4.78, 5) is 39.6. The van der Waals surface area contributed by atoms with Crippen molar-refractivity contribution in [3.63, 3.8) is 0 Å². The molecule has 2 amide bonds. The van der Waals surface area contributed by atoms with Crippen molar-refractivity contribution in [2.45, 2.75) is 13.0 Å². The molecule has 2 heterocycles. The van der Waals surface area contributed by atoms with Gasteiger partial charge in [0.15, 0.2) is 6.61 Å². The zero-order valence-electron chi connectivity index (χ0n) is 18.3. The van der Waals surface area contributed by atoms with Gasteiger partial charge in [-0.2, -0.15) is 0 Å². The fourth-order valence-electron chi connectivity index (χ4n) is 4.37. The van der Waals surface area contributed by atoms with E-state index in [1.165, 1.54) is 34.3 Å². The lowest BCUT2D eigenvalue weighted by molar-refractivity contribution is -0.384. The summed E-state index contributed by atoms with van der Waals surface area (Å²) in [6, 6.07) is 19.8. The fraction of sp³-hybridized carbons (Fsp3) is 0.200. The van der Waals surface area contributed by atoms with E-state index in [1.54, 1.807) is 0 Å². The normalized spacial score (nSPS) is 14.3. The first-order valence-electron chi connectivity index (χ1n) is 10.9. The van der Waals surface area contributed by atoms with Crippen molar-refractivity contribution in [2.75, 3.05) is 34.8 Å². The van der Waals surface area contributed by atoms with Gasteiger partial charge in [0.25, 0.3) is 11.6 Å². The van der Waals surface area contributed by atoms with Crippen LogP contribution in [0.25, 0.3) is 0 Å². The zero-order chi connectivity index (χ0) is 23.7. The maximum Gasteiger partial charge on any atom is 0.271 e. The molecule has 9 nitrogen and oxygen atoms in total. The van der Waals surface area contributed by atoms with E-state index < -0.39 is 16.7 Å². The minimum atomic E-state index is -0.551. The van der Waals surface area contributed by atoms with Crippen molar-refractivity contribution in [1.29, 1.82) is 0 Å². The maximum atomic E-state index is 12.9. The fourth-order valence-corrected chi connectivity index (χ4v) is 4.37. The second-order valence-electron chi connectivity index (χ2n) is 8.18. The molecule has 172 valence electrons. The Morgan fingerprint density at radius 3 is 2.71 bits per heavy atom. The Kier molecular flexibility index (Phi) is 5.59. The van der Waals surface area contributed by atoms with Gasteiger partial charge in [0.2, 0.25) is 5.91 Å². The summed E-state index contributed by atoms with van der Waals surface area (Å²) in [5.74, 6) is -0.516. The van der Waals surface area contributed by atoms with Crippen molar-refractivity contribution in [2.24, 2.45) is 0 Å². The van der Waals surface area contributed by atoms with E-state index in [-0.39, 0.29) is 24.5 Å². The number of anilines is 3. The Balaban J connectivity index is 1.33. The highest BCUT2D eigenvalue weighted by molar-refractivity contribution is 6.05. The van der Waals surface area contributed by atoms with Crippen LogP contribution in [0.2, 0.25) is 0 Å². The molecule has 0 bridgehead atoms. The predicted octanol–water partition coefficient (Wildman–Crippen LogP) is 3.52. The van der Waals surface area contributed by atoms with Gasteiger partial charge in [0.1, 0.15) is 12.3 Å². The van der Waals surface area contributed by atoms with Gasteiger partial charge < -0.3 is 15.0 Å². The lowest BCUT2D eigenvalue weighted by Crippen LogP contribution is -2.43. The molecule has 0 atom stereocenters. The van der Waals surface area contributed by atoms with Crippen LogP contribution in [0.4, 0.5) is 22.7 Å². The van der Waals surface area contributed by atoms with Gasteiger partial charge in [0, 0.05) is 36.6 Å². The Hall–Kier alpha value is -4.40. The quantitative estimate of drug-likeness (QED) is 0.448. The summed E-state index contributed by atoms with van der Waals surface area (Å²) in [6.07, 6.45) is 0.982. The highest BCUT2D eigenvalue weighted by Crippen LogP contribution is 2.35. The number of carbonyl (C=O) groups excluding carboxylic acids is 2. The van der Waals surface area contributed by atoms with Gasteiger partial charge in [-0.3, -0.25) is 24.6 Å². The smallest absolute Gasteiger partial charge is 0.271 e. The Morgan fingerprint density at radius 1 is 1.06 bits per heavy atom. The first-order valence-corrected chi connectivity index (χ1v) is 10.9. The zero-order valence-corrected chi connectivity index (χ0v) is 18.3. The number of benzene rings is 3. The molecule has 5 rings (SSSR count). The topological polar surface area (TPSA) is 105 Å². The van der Waals surface area contributed by atoms with E-state index in [9.17, 15) is 19.7 Å². The number of fused-ring (bicyclic) bond motifs is 2. The SMILES string of the molecule is O=C(CN1C(=O)COc2ccc([N+](=O)[O-])cc21)Nc1ccccc1CN1CCc2ccccc21. The van der Waals surface area contributed by atoms with Crippen LogP contribution < -0.4 is 19.9 Å². The number of nitro groups is 1. The van der Waals surface area contributed by atoms with E-state index in [1.807, 2.05) is 36.4 Å². The van der Waals surface area contributed by atoms with Crippen molar-refractivity contribution < 1.29 is 19.2 Å². The Morgan fingerprint density at radius 2 is 1.85 bits per heavy atom. The molecule has 3 aromatic carbocycles. The third-order valence-electron chi connectivity index (χ3n) is 6.03. The van der Waals surface area contributed by atoms with Crippen LogP contribution in [-0.2, 0) is 22.6 Å². The molecular formula is C25H22N4O5. The number of hydrogen-bond donors (Lipinski definition) is 1. The van der Waals surface area contributed by atoms with Crippen molar-refractivity contribution in [3.8, 4) is 5.75 Å². The first-order chi connectivity index (χ1) is 16.5. The summed E-state index contributed by atoms with van der Waals surface area (Å²) in [7, 11) is 0. The highest BCUT2D eigenvalue weighted by atomic mass is 16.6. The molecule has 0 radical (unpaired) electrons. The van der Waals surface area contributed by atoms with Gasteiger partial charge in [-0.05, 0) is 35.7 Å². The van der Waals surface area contributed by atoms with Crippen molar-refractivity contribution in [1.82, 2.24) is 0 Å². The third kappa shape index (κ3) is 4.15. The summed E-state index contributed by atoms with van der Waals surface area (Å²) in [5.41, 5.74) is 4.15. The van der Waals surface area contributed by atoms with Crippen molar-refractivity contribution in [3.05, 3.63) is 88.0 Å². The van der Waals surface area contributed by atoms with E-state index in [0.29, 0.717) is 18.0 Å². The second kappa shape index (κ2) is 8.86. The molecule has 34 heavy (non-hydrogen) atoms. The van der Waals surface area contributed by atoms with Crippen LogP contribution in [0.15, 0.2) is 66.7 Å². The van der Waals surface area contributed by atoms with Gasteiger partial charge in [-0.15, -0.1) is 0 Å². The molecule has 3 aromatic rings. The number of para-hydroxylation sites is 2. The van der Waals surface area contributed by atoms with Crippen LogP contribution >= 0.6 is 0 Å². The number of amides is 2. The predicted molar refractivity (Wildman–Crippen MR) is 127 cm³/mol. The molecule has 0 saturated carbocycles. The summed E-state index contributed by atoms with van der Waals surface area (Å²) >= 11 is 0. The number of nitro benzene ring substituents is 1. The third-order valence-corrected chi connectivity index (χ3v) is 6.03. The number of non-ortho nitro benzene ring substituents is 1. The first kappa shape index (κ1) is 21.4. The van der Waals surface area contributed by atoms with Crippen LogP contribution in [0.3, 0.4) is 0 Å². The molecule has 1 N–H and O–H groups in total. The average molecular weight is 458 g/mol. The van der Waals surface area contributed by atoms with Gasteiger partial charge >= 0.3 is 0 Å². The number of rotatable bonds is 6. The van der Waals surface area contributed by atoms with Gasteiger partial charge in [-0.1, -0.05) is 36.4 Å². The molecule has 0 aromatic heterocycles. The average Bonchev–Trinajstić information content (AvgIpc) is 3.24. The van der Waals surface area contributed by atoms with E-state index in [2.05, 4.69) is 22.3 Å². The van der Waals surface area contributed by atoms with Gasteiger partial charge in [-0.25, -0.2) is 0 Å². The lowest BCUT2D eigenvalue weighted by atomic mass is 10.1. The molecule has 2 aliphatic rings. The molecule has 9 heteroatoms. The molecular weight excluding hydrogens is 436 g/mol. The largest absolute Gasteiger partial charge is 0.482 e. The molecule has 0 spiro atoms. The Bertz CT molecular complexity index is 1290. The van der Waals surface area contributed by atoms with Crippen LogP contribution in [0.1, 0.15) is 11.1 Å². The number of nitrogens with one attached hydrogen (secondary N) is 1. The molecule has 2 aliphatic heterocycles. The van der Waals surface area contributed by atoms with Crippen LogP contribution in [-0.4, -0.2) is 36.4 Å². The second-order valence-corrected chi connectivity index (χ2v) is 8.18. The minimum Gasteiger partial charge on any atom is -0.482 e. The number of hydrogen-bond acceptors (Lipinski definition) is 6. The highest BCUT2D eigenvalue weighted by Gasteiger charge is 2.29. The standard InChI is InChI=1S/C25H22N4O5/c30-24(15-28-22-13-19(29(32)33)9-10-23(22)34-16-25(28)31)26-20-7-3-1-6-18(20)14-27-12-11-17-5-2-4-8-21(17)27/h1-10,13H,11-12,14-16H2,(H,26,30). The molecule has 0 saturated heterocycles. The number of carbonyl (C=O) groups is 2. The van der Waals surface area contributed by atoms with Crippen LogP contribution in [0, 0.1) is 10.1 Å². The molecule has 0 fully saturated rings. The monoisotopic (exact) mass is 458 g/mol. The van der Waals surface area contributed by atoms with Gasteiger partial charge in [0.05, 0.1) is 10.6 Å². The maximum absolute atomic E-state index is 12.9.